The van der Waals surface area contributed by atoms with Crippen molar-refractivity contribution in [3.05, 3.63) is 273 Å². The first-order valence-electron chi connectivity index (χ1n) is 22.3. The lowest BCUT2D eigenvalue weighted by molar-refractivity contribution is 1.28. The number of nitrogens with zero attached hydrogens (tertiary/aromatic N) is 1. The van der Waals surface area contributed by atoms with Gasteiger partial charge in [-0.3, -0.25) is 0 Å². The summed E-state index contributed by atoms with van der Waals surface area (Å²) in [6, 6.07) is 98.9. The number of rotatable bonds is 10. The molecule has 0 atom stereocenters. The summed E-state index contributed by atoms with van der Waals surface area (Å²) in [5.74, 6) is 0. The first-order chi connectivity index (χ1) is 32.2. The maximum Gasteiger partial charge on any atom is 0.0540 e. The Labute approximate surface area is 381 Å². The molecule has 11 rings (SSSR count). The molecule has 0 aliphatic rings. The fraction of sp³-hybridized carbons (Fsp3) is 0. The quantitative estimate of drug-likeness (QED) is 0.133. The van der Waals surface area contributed by atoms with E-state index in [1.807, 2.05) is 0 Å². The van der Waals surface area contributed by atoms with Crippen LogP contribution >= 0.6 is 0 Å². The minimum absolute atomic E-state index is 1.08. The highest BCUT2D eigenvalue weighted by atomic mass is 15.1. The summed E-state index contributed by atoms with van der Waals surface area (Å²) in [4.78, 5) is 2.42. The Balaban J connectivity index is 1.05. The van der Waals surface area contributed by atoms with Crippen LogP contribution < -0.4 is 4.90 Å². The van der Waals surface area contributed by atoms with Crippen molar-refractivity contribution in [2.75, 3.05) is 4.90 Å². The van der Waals surface area contributed by atoms with Gasteiger partial charge in [-0.2, -0.15) is 0 Å². The lowest BCUT2D eigenvalue weighted by Crippen LogP contribution is -2.11. The Morgan fingerprint density at radius 2 is 0.585 bits per heavy atom. The van der Waals surface area contributed by atoms with Gasteiger partial charge in [0.1, 0.15) is 0 Å². The number of benzene rings is 11. The zero-order valence-electron chi connectivity index (χ0n) is 35.9. The topological polar surface area (TPSA) is 3.24 Å². The predicted octanol–water partition coefficient (Wildman–Crippen LogP) is 18.0. The summed E-state index contributed by atoms with van der Waals surface area (Å²) in [5.41, 5.74) is 19.9. The minimum Gasteiger partial charge on any atom is -0.310 e. The van der Waals surface area contributed by atoms with E-state index < -0.39 is 0 Å². The van der Waals surface area contributed by atoms with Crippen LogP contribution in [0.2, 0.25) is 0 Å². The number of hydrogen-bond donors (Lipinski definition) is 0. The van der Waals surface area contributed by atoms with Crippen LogP contribution in [0.1, 0.15) is 0 Å². The summed E-state index contributed by atoms with van der Waals surface area (Å²) in [6.45, 7) is 0. The molecule has 0 radical (unpaired) electrons. The van der Waals surface area contributed by atoms with Gasteiger partial charge in [0.05, 0.1) is 5.69 Å². The summed E-state index contributed by atoms with van der Waals surface area (Å²) in [6.07, 6.45) is 0. The van der Waals surface area contributed by atoms with Crippen molar-refractivity contribution in [1.29, 1.82) is 0 Å². The van der Waals surface area contributed by atoms with Crippen LogP contribution in [-0.4, -0.2) is 0 Å². The van der Waals surface area contributed by atoms with Crippen LogP contribution in [0.4, 0.5) is 17.1 Å². The van der Waals surface area contributed by atoms with Crippen molar-refractivity contribution in [2.45, 2.75) is 0 Å². The van der Waals surface area contributed by atoms with Crippen LogP contribution in [-0.2, 0) is 0 Å². The van der Waals surface area contributed by atoms with E-state index in [0.29, 0.717) is 0 Å². The van der Waals surface area contributed by atoms with Gasteiger partial charge in [-0.1, -0.05) is 237 Å². The average Bonchev–Trinajstić information content (AvgIpc) is 3.40. The zero-order chi connectivity index (χ0) is 43.4. The molecule has 0 aliphatic carbocycles. The van der Waals surface area contributed by atoms with Crippen molar-refractivity contribution in [1.82, 2.24) is 0 Å². The zero-order valence-corrected chi connectivity index (χ0v) is 35.9. The third-order valence-electron chi connectivity index (χ3n) is 12.5. The lowest BCUT2D eigenvalue weighted by Gasteiger charge is -2.29. The molecule has 0 saturated carbocycles. The second kappa shape index (κ2) is 17.7. The third kappa shape index (κ3) is 7.93. The first-order valence-corrected chi connectivity index (χ1v) is 22.3. The van der Waals surface area contributed by atoms with Gasteiger partial charge in [-0.05, 0) is 119 Å². The Hall–Kier alpha value is -8.52. The summed E-state index contributed by atoms with van der Waals surface area (Å²) < 4.78 is 0. The molecule has 11 aromatic rings. The lowest BCUT2D eigenvalue weighted by atomic mass is 9.87. The van der Waals surface area contributed by atoms with E-state index in [1.54, 1.807) is 0 Å². The SMILES string of the molecule is c1ccc(-c2ccc(-c3ccc(N(c4ccc(-c5cccc6ccccc56)cc4)c4ccccc4-c4ccccc4-c4cc(-c5ccccc5)ccc4-c4ccccc4)cc3)cc2)cc1. The van der Waals surface area contributed by atoms with E-state index in [2.05, 4.69) is 278 Å². The molecule has 0 unspecified atom stereocenters. The standard InChI is InChI=1S/C64H45N/c1-4-17-46(18-5-1)48-31-33-49(34-32-48)50-35-40-55(41-36-50)65(56-42-37-53(38-43-56)58-29-16-24-52-23-10-11-25-57(52)58)64-30-15-14-28-62(64)60-26-12-13-27-61(60)63-45-54(47-19-6-2-7-20-47)39-44-59(63)51-21-8-3-9-22-51/h1-45H. The molecule has 0 heterocycles. The fourth-order valence-corrected chi connectivity index (χ4v) is 9.28. The normalized spacial score (nSPS) is 11.1. The van der Waals surface area contributed by atoms with Crippen LogP contribution in [0.15, 0.2) is 273 Å². The van der Waals surface area contributed by atoms with Crippen LogP contribution in [0.5, 0.6) is 0 Å². The monoisotopic (exact) mass is 827 g/mol. The molecule has 11 aromatic carbocycles. The van der Waals surface area contributed by atoms with Gasteiger partial charge in [-0.25, -0.2) is 0 Å². The molecule has 0 N–H and O–H groups in total. The highest BCUT2D eigenvalue weighted by molar-refractivity contribution is 6.00. The molecule has 0 spiro atoms. The summed E-state index contributed by atoms with van der Waals surface area (Å²) >= 11 is 0. The minimum atomic E-state index is 1.08. The van der Waals surface area contributed by atoms with Gasteiger partial charge >= 0.3 is 0 Å². The van der Waals surface area contributed by atoms with Crippen molar-refractivity contribution in [3.63, 3.8) is 0 Å². The van der Waals surface area contributed by atoms with Crippen LogP contribution in [0, 0.1) is 0 Å². The second-order valence-electron chi connectivity index (χ2n) is 16.5. The molecule has 1 nitrogen and oxygen atoms in total. The van der Waals surface area contributed by atoms with E-state index in [4.69, 9.17) is 0 Å². The van der Waals surface area contributed by atoms with Crippen molar-refractivity contribution < 1.29 is 0 Å². The van der Waals surface area contributed by atoms with Crippen molar-refractivity contribution >= 4 is 27.8 Å². The number of para-hydroxylation sites is 1. The number of hydrogen-bond acceptors (Lipinski definition) is 1. The van der Waals surface area contributed by atoms with Crippen LogP contribution in [0.3, 0.4) is 0 Å². The average molecular weight is 828 g/mol. The molecule has 0 aromatic heterocycles. The highest BCUT2D eigenvalue weighted by Crippen LogP contribution is 2.46. The molecular formula is C64H45N. The maximum atomic E-state index is 2.42. The van der Waals surface area contributed by atoms with E-state index >= 15 is 0 Å². The number of fused-ring (bicyclic) bond motifs is 1. The molecule has 306 valence electrons. The molecule has 0 saturated heterocycles. The third-order valence-corrected chi connectivity index (χ3v) is 12.5. The Bertz CT molecular complexity index is 3370. The Morgan fingerprint density at radius 3 is 1.20 bits per heavy atom. The van der Waals surface area contributed by atoms with E-state index in [9.17, 15) is 0 Å². The van der Waals surface area contributed by atoms with Gasteiger partial charge in [0, 0.05) is 16.9 Å². The van der Waals surface area contributed by atoms with Gasteiger partial charge in [0.15, 0.2) is 0 Å². The Kier molecular flexibility index (Phi) is 10.7. The maximum absolute atomic E-state index is 2.42. The first kappa shape index (κ1) is 39.3. The molecular weight excluding hydrogens is 783 g/mol. The van der Waals surface area contributed by atoms with Gasteiger partial charge < -0.3 is 4.90 Å². The molecule has 1 heteroatoms. The second-order valence-corrected chi connectivity index (χ2v) is 16.5. The number of anilines is 3. The Morgan fingerprint density at radius 1 is 0.200 bits per heavy atom. The summed E-state index contributed by atoms with van der Waals surface area (Å²) in [7, 11) is 0. The largest absolute Gasteiger partial charge is 0.310 e. The molecule has 65 heavy (non-hydrogen) atoms. The molecule has 0 fully saturated rings. The summed E-state index contributed by atoms with van der Waals surface area (Å²) in [5, 5.41) is 2.49. The molecule has 0 amide bonds. The smallest absolute Gasteiger partial charge is 0.0540 e. The predicted molar refractivity (Wildman–Crippen MR) is 277 cm³/mol. The van der Waals surface area contributed by atoms with Crippen LogP contribution in [0.25, 0.3) is 88.7 Å². The van der Waals surface area contributed by atoms with Gasteiger partial charge in [0.2, 0.25) is 0 Å². The highest BCUT2D eigenvalue weighted by Gasteiger charge is 2.21. The van der Waals surface area contributed by atoms with Gasteiger partial charge in [0.25, 0.3) is 0 Å². The molecule has 0 aliphatic heterocycles. The van der Waals surface area contributed by atoms with E-state index in [0.717, 1.165) is 28.2 Å². The van der Waals surface area contributed by atoms with Crippen molar-refractivity contribution in [2.24, 2.45) is 0 Å². The van der Waals surface area contributed by atoms with Gasteiger partial charge in [-0.15, -0.1) is 0 Å². The van der Waals surface area contributed by atoms with Crippen molar-refractivity contribution in [3.8, 4) is 77.9 Å². The fourth-order valence-electron chi connectivity index (χ4n) is 9.28. The van der Waals surface area contributed by atoms with E-state index in [-0.39, 0.29) is 0 Å². The molecule has 0 bridgehead atoms. The van der Waals surface area contributed by atoms with E-state index in [1.165, 1.54) is 77.5 Å².